The van der Waals surface area contributed by atoms with Gasteiger partial charge >= 0.3 is 5.97 Å². The second-order valence-electron chi connectivity index (χ2n) is 4.51. The average molecular weight is 270 g/mol. The van der Waals surface area contributed by atoms with E-state index in [0.29, 0.717) is 11.6 Å². The quantitative estimate of drug-likeness (QED) is 0.722. The van der Waals surface area contributed by atoms with Gasteiger partial charge in [0.2, 0.25) is 0 Å². The van der Waals surface area contributed by atoms with Crippen LogP contribution in [-0.4, -0.2) is 22.6 Å². The first-order chi connectivity index (χ1) is 8.65. The molecule has 0 aliphatic heterocycles. The van der Waals surface area contributed by atoms with E-state index in [-0.39, 0.29) is 6.42 Å². The normalized spacial score (nSPS) is 12.3. The van der Waals surface area contributed by atoms with Crippen LogP contribution in [0.3, 0.4) is 0 Å². The van der Waals surface area contributed by atoms with Crippen molar-refractivity contribution in [1.82, 2.24) is 4.98 Å². The van der Waals surface area contributed by atoms with Crippen LogP contribution >= 0.6 is 11.3 Å². The molecule has 5 heteroatoms. The predicted octanol–water partition coefficient (Wildman–Crippen LogP) is 3.40. The number of thiazole rings is 1. The van der Waals surface area contributed by atoms with Gasteiger partial charge in [0.25, 0.3) is 0 Å². The molecule has 0 spiro atoms. The topological polar surface area (TPSA) is 62.2 Å². The number of hydrogen-bond donors (Lipinski definition) is 2. The number of aromatic nitrogens is 1. The Balaban J connectivity index is 2.37. The number of aliphatic carboxylic acids is 1. The fourth-order valence-electron chi connectivity index (χ4n) is 1.80. The molecule has 4 nitrogen and oxygen atoms in total. The fourth-order valence-corrected chi connectivity index (χ4v) is 2.52. The second kappa shape index (κ2) is 8.08. The summed E-state index contributed by atoms with van der Waals surface area (Å²) in [5.41, 5.74) is 0.636. The standard InChI is InChI=1S/C13H22N2O2S/c1-3-5-6-10(4-2)8-14-13-15-11(9-18-13)7-12(16)17/h9-10H,3-8H2,1-2H3,(H,14,15)(H,16,17). The maximum Gasteiger partial charge on any atom is 0.309 e. The van der Waals surface area contributed by atoms with Crippen LogP contribution < -0.4 is 5.32 Å². The minimum atomic E-state index is -0.832. The summed E-state index contributed by atoms with van der Waals surface area (Å²) < 4.78 is 0. The molecule has 1 atom stereocenters. The van der Waals surface area contributed by atoms with Gasteiger partial charge in [0, 0.05) is 11.9 Å². The number of unbranched alkanes of at least 4 members (excludes halogenated alkanes) is 1. The van der Waals surface area contributed by atoms with Crippen molar-refractivity contribution >= 4 is 22.4 Å². The number of carboxylic acids is 1. The highest BCUT2D eigenvalue weighted by Crippen LogP contribution is 2.18. The monoisotopic (exact) mass is 270 g/mol. The predicted molar refractivity (Wildman–Crippen MR) is 75.2 cm³/mol. The molecule has 0 aliphatic rings. The van der Waals surface area contributed by atoms with Gasteiger partial charge in [0.1, 0.15) is 0 Å². The zero-order valence-corrected chi connectivity index (χ0v) is 11.9. The first-order valence-electron chi connectivity index (χ1n) is 6.55. The molecule has 1 unspecified atom stereocenters. The van der Waals surface area contributed by atoms with Crippen LogP contribution in [0.1, 0.15) is 45.2 Å². The molecule has 1 aromatic heterocycles. The fraction of sp³-hybridized carbons (Fsp3) is 0.692. The number of carboxylic acid groups (broad SMARTS) is 1. The Morgan fingerprint density at radius 2 is 2.33 bits per heavy atom. The number of rotatable bonds is 9. The SMILES string of the molecule is CCCCC(CC)CNc1nc(CC(=O)O)cs1. The number of hydrogen-bond acceptors (Lipinski definition) is 4. The van der Waals surface area contributed by atoms with Crippen molar-refractivity contribution in [2.45, 2.75) is 46.0 Å². The summed E-state index contributed by atoms with van der Waals surface area (Å²) in [4.78, 5) is 14.8. The van der Waals surface area contributed by atoms with Crippen molar-refractivity contribution in [3.8, 4) is 0 Å². The maximum atomic E-state index is 10.6. The molecule has 1 aromatic rings. The summed E-state index contributed by atoms with van der Waals surface area (Å²) in [6.45, 7) is 5.34. The third kappa shape index (κ3) is 5.49. The van der Waals surface area contributed by atoms with Gasteiger partial charge in [-0.1, -0.05) is 33.1 Å². The highest BCUT2D eigenvalue weighted by atomic mass is 32.1. The maximum absolute atomic E-state index is 10.6. The van der Waals surface area contributed by atoms with Crippen molar-refractivity contribution < 1.29 is 9.90 Å². The molecule has 1 heterocycles. The van der Waals surface area contributed by atoms with Gasteiger partial charge in [0.05, 0.1) is 12.1 Å². The zero-order valence-electron chi connectivity index (χ0n) is 11.1. The average Bonchev–Trinajstić information content (AvgIpc) is 2.76. The van der Waals surface area contributed by atoms with E-state index in [0.717, 1.165) is 11.7 Å². The van der Waals surface area contributed by atoms with Gasteiger partial charge < -0.3 is 10.4 Å². The number of carbonyl (C=O) groups is 1. The van der Waals surface area contributed by atoms with E-state index < -0.39 is 5.97 Å². The van der Waals surface area contributed by atoms with Crippen LogP contribution in [0.4, 0.5) is 5.13 Å². The largest absolute Gasteiger partial charge is 0.481 e. The van der Waals surface area contributed by atoms with Gasteiger partial charge in [-0.05, 0) is 12.3 Å². The summed E-state index contributed by atoms with van der Waals surface area (Å²) in [5, 5.41) is 14.6. The summed E-state index contributed by atoms with van der Waals surface area (Å²) in [5.74, 6) is -0.155. The van der Waals surface area contributed by atoms with Crippen molar-refractivity contribution in [3.63, 3.8) is 0 Å². The molecule has 0 bridgehead atoms. The van der Waals surface area contributed by atoms with Crippen LogP contribution in [0.25, 0.3) is 0 Å². The molecule has 0 aromatic carbocycles. The summed E-state index contributed by atoms with van der Waals surface area (Å²) >= 11 is 1.48. The molecule has 18 heavy (non-hydrogen) atoms. The second-order valence-corrected chi connectivity index (χ2v) is 5.37. The molecule has 0 aliphatic carbocycles. The van der Waals surface area contributed by atoms with Gasteiger partial charge in [-0.15, -0.1) is 11.3 Å². The molecule has 0 saturated carbocycles. The Morgan fingerprint density at radius 3 is 2.94 bits per heavy atom. The van der Waals surface area contributed by atoms with Crippen molar-refractivity contribution in [1.29, 1.82) is 0 Å². The van der Waals surface area contributed by atoms with E-state index >= 15 is 0 Å². The lowest BCUT2D eigenvalue weighted by Gasteiger charge is -2.14. The third-order valence-corrected chi connectivity index (χ3v) is 3.82. The van der Waals surface area contributed by atoms with E-state index in [1.165, 1.54) is 37.0 Å². The molecular weight excluding hydrogens is 248 g/mol. The van der Waals surface area contributed by atoms with Gasteiger partial charge in [-0.2, -0.15) is 0 Å². The van der Waals surface area contributed by atoms with Crippen molar-refractivity contribution in [2.24, 2.45) is 5.92 Å². The van der Waals surface area contributed by atoms with Crippen LogP contribution in [-0.2, 0) is 11.2 Å². The van der Waals surface area contributed by atoms with Crippen molar-refractivity contribution in [3.05, 3.63) is 11.1 Å². The highest BCUT2D eigenvalue weighted by molar-refractivity contribution is 7.13. The van der Waals surface area contributed by atoms with E-state index in [1.54, 1.807) is 0 Å². The van der Waals surface area contributed by atoms with E-state index in [4.69, 9.17) is 5.11 Å². The smallest absolute Gasteiger partial charge is 0.309 e. The Morgan fingerprint density at radius 1 is 1.56 bits per heavy atom. The third-order valence-electron chi connectivity index (χ3n) is 2.97. The first kappa shape index (κ1) is 15.0. The molecule has 1 rings (SSSR count). The highest BCUT2D eigenvalue weighted by Gasteiger charge is 2.09. The van der Waals surface area contributed by atoms with Crippen LogP contribution in [0.5, 0.6) is 0 Å². The number of anilines is 1. The number of nitrogens with zero attached hydrogens (tertiary/aromatic N) is 1. The summed E-state index contributed by atoms with van der Waals surface area (Å²) in [6.07, 6.45) is 4.91. The summed E-state index contributed by atoms with van der Waals surface area (Å²) in [7, 11) is 0. The van der Waals surface area contributed by atoms with E-state index in [1.807, 2.05) is 5.38 Å². The van der Waals surface area contributed by atoms with E-state index in [9.17, 15) is 4.79 Å². The Labute approximate surface area is 112 Å². The molecule has 0 radical (unpaired) electrons. The van der Waals surface area contributed by atoms with E-state index in [2.05, 4.69) is 24.1 Å². The van der Waals surface area contributed by atoms with Crippen LogP contribution in [0.15, 0.2) is 5.38 Å². The molecule has 0 saturated heterocycles. The molecule has 2 N–H and O–H groups in total. The molecular formula is C13H22N2O2S. The number of nitrogens with one attached hydrogen (secondary N) is 1. The summed E-state index contributed by atoms with van der Waals surface area (Å²) in [6, 6.07) is 0. The Hall–Kier alpha value is -1.10. The minimum absolute atomic E-state index is 0.00518. The Kier molecular flexibility index (Phi) is 6.72. The van der Waals surface area contributed by atoms with Crippen LogP contribution in [0.2, 0.25) is 0 Å². The van der Waals surface area contributed by atoms with Gasteiger partial charge in [-0.25, -0.2) is 4.98 Å². The van der Waals surface area contributed by atoms with Gasteiger partial charge in [-0.3, -0.25) is 4.79 Å². The first-order valence-corrected chi connectivity index (χ1v) is 7.43. The lowest BCUT2D eigenvalue weighted by Crippen LogP contribution is -2.13. The van der Waals surface area contributed by atoms with Gasteiger partial charge in [0.15, 0.2) is 5.13 Å². The molecule has 102 valence electrons. The lowest BCUT2D eigenvalue weighted by atomic mass is 10.00. The lowest BCUT2D eigenvalue weighted by molar-refractivity contribution is -0.136. The molecule has 0 fully saturated rings. The zero-order chi connectivity index (χ0) is 13.4. The minimum Gasteiger partial charge on any atom is -0.481 e. The van der Waals surface area contributed by atoms with Crippen molar-refractivity contribution in [2.75, 3.05) is 11.9 Å². The molecule has 0 amide bonds. The Bertz CT molecular complexity index is 366. The van der Waals surface area contributed by atoms with Crippen LogP contribution in [0, 0.1) is 5.92 Å².